The van der Waals surface area contributed by atoms with Gasteiger partial charge in [-0.25, -0.2) is 9.79 Å². The van der Waals surface area contributed by atoms with E-state index in [9.17, 15) is 24.8 Å². The number of nitro groups is 1. The number of nitrogens with zero attached hydrogens (tertiary/aromatic N) is 3. The Labute approximate surface area is 223 Å². The summed E-state index contributed by atoms with van der Waals surface area (Å²) >= 11 is 1.10. The molecule has 1 aliphatic rings. The van der Waals surface area contributed by atoms with Crippen molar-refractivity contribution in [3.05, 3.63) is 100 Å². The Hall–Kier alpha value is -4.05. The number of carbonyl (C=O) groups is 1. The number of carbonyl (C=O) groups excluding carboxylic acids is 1. The largest absolute Gasteiger partial charge is 0.507 e. The van der Waals surface area contributed by atoms with Gasteiger partial charge in [-0.15, -0.1) is 0 Å². The van der Waals surface area contributed by atoms with Crippen LogP contribution in [-0.4, -0.2) is 27.2 Å². The molecule has 1 aliphatic heterocycles. The standard InChI is InChI=1S/C28H29N3O6S/c1-5-7-21-24(27(34)37-6-2)25(18-10-8-17(9-11-18)16(3)4)30-26(33)23(38-28(30)29-21)15-19-14-20(31(35)36)12-13-22(19)32/h8-16,25,32H,5-7H2,1-4H3/b23-15-/t25-/m0/s1. The van der Waals surface area contributed by atoms with Gasteiger partial charge >= 0.3 is 5.97 Å². The molecule has 38 heavy (non-hydrogen) atoms. The lowest BCUT2D eigenvalue weighted by molar-refractivity contribution is -0.384. The number of hydrogen-bond donors (Lipinski definition) is 1. The van der Waals surface area contributed by atoms with Gasteiger partial charge in [0.15, 0.2) is 4.80 Å². The molecule has 0 amide bonds. The smallest absolute Gasteiger partial charge is 0.338 e. The molecule has 0 saturated carbocycles. The van der Waals surface area contributed by atoms with Crippen LogP contribution >= 0.6 is 11.3 Å². The molecule has 0 aliphatic carbocycles. The van der Waals surface area contributed by atoms with Gasteiger partial charge in [0.05, 0.1) is 33.4 Å². The number of rotatable bonds is 8. The van der Waals surface area contributed by atoms with E-state index in [0.717, 1.165) is 28.9 Å². The third-order valence-electron chi connectivity index (χ3n) is 6.32. The van der Waals surface area contributed by atoms with Crippen molar-refractivity contribution in [1.29, 1.82) is 0 Å². The van der Waals surface area contributed by atoms with Gasteiger partial charge in [-0.05, 0) is 42.5 Å². The summed E-state index contributed by atoms with van der Waals surface area (Å²) in [4.78, 5) is 42.8. The maximum Gasteiger partial charge on any atom is 0.338 e. The molecule has 0 radical (unpaired) electrons. The molecule has 0 spiro atoms. The average molecular weight is 536 g/mol. The van der Waals surface area contributed by atoms with Gasteiger partial charge in [0.25, 0.3) is 11.2 Å². The van der Waals surface area contributed by atoms with E-state index in [-0.39, 0.29) is 28.1 Å². The monoisotopic (exact) mass is 535 g/mol. The minimum absolute atomic E-state index is 0.140. The van der Waals surface area contributed by atoms with Crippen LogP contribution in [0.25, 0.3) is 6.08 Å². The Kier molecular flexibility index (Phi) is 7.91. The summed E-state index contributed by atoms with van der Waals surface area (Å²) in [5, 5.41) is 21.5. The molecule has 0 unspecified atom stereocenters. The van der Waals surface area contributed by atoms with Gasteiger partial charge < -0.3 is 9.84 Å². The fraction of sp³-hybridized carbons (Fsp3) is 0.321. The highest BCUT2D eigenvalue weighted by Crippen LogP contribution is 2.33. The molecule has 0 bridgehead atoms. The van der Waals surface area contributed by atoms with Gasteiger partial charge in [0.2, 0.25) is 0 Å². The van der Waals surface area contributed by atoms with Crippen molar-refractivity contribution in [1.82, 2.24) is 4.57 Å². The van der Waals surface area contributed by atoms with Gasteiger partial charge in [0, 0.05) is 17.7 Å². The number of benzene rings is 2. The van der Waals surface area contributed by atoms with Crippen LogP contribution in [0.5, 0.6) is 5.75 Å². The van der Waals surface area contributed by atoms with Crippen molar-refractivity contribution >= 4 is 29.1 Å². The lowest BCUT2D eigenvalue weighted by atomic mass is 9.92. The third-order valence-corrected chi connectivity index (χ3v) is 7.30. The van der Waals surface area contributed by atoms with Gasteiger partial charge in [-0.2, -0.15) is 0 Å². The number of aromatic nitrogens is 1. The van der Waals surface area contributed by atoms with Crippen LogP contribution < -0.4 is 14.9 Å². The summed E-state index contributed by atoms with van der Waals surface area (Å²) in [6, 6.07) is 10.7. The van der Waals surface area contributed by atoms with Crippen LogP contribution in [0.4, 0.5) is 5.69 Å². The number of phenols is 1. The van der Waals surface area contributed by atoms with Crippen molar-refractivity contribution in [2.75, 3.05) is 6.61 Å². The summed E-state index contributed by atoms with van der Waals surface area (Å²) in [5.41, 5.74) is 2.26. The minimum Gasteiger partial charge on any atom is -0.507 e. The lowest BCUT2D eigenvalue weighted by Crippen LogP contribution is -2.40. The first-order valence-corrected chi connectivity index (χ1v) is 13.3. The van der Waals surface area contributed by atoms with E-state index >= 15 is 0 Å². The van der Waals surface area contributed by atoms with E-state index in [2.05, 4.69) is 13.8 Å². The minimum atomic E-state index is -0.756. The molecule has 3 aromatic rings. The predicted molar refractivity (Wildman–Crippen MR) is 145 cm³/mol. The van der Waals surface area contributed by atoms with Crippen LogP contribution in [0.1, 0.15) is 69.2 Å². The number of nitro benzene ring substituents is 1. The summed E-state index contributed by atoms with van der Waals surface area (Å²) in [6.45, 7) is 8.07. The number of fused-ring (bicyclic) bond motifs is 1. The quantitative estimate of drug-likeness (QED) is 0.260. The van der Waals surface area contributed by atoms with Gasteiger partial charge in [0.1, 0.15) is 5.75 Å². The van der Waals surface area contributed by atoms with E-state index in [4.69, 9.17) is 9.73 Å². The molecule has 1 N–H and O–H groups in total. The maximum atomic E-state index is 13.8. The molecule has 10 heteroatoms. The van der Waals surface area contributed by atoms with E-state index in [1.54, 1.807) is 6.92 Å². The molecule has 9 nitrogen and oxygen atoms in total. The first kappa shape index (κ1) is 27.0. The number of thiazole rings is 1. The lowest BCUT2D eigenvalue weighted by Gasteiger charge is -2.26. The van der Waals surface area contributed by atoms with Crippen LogP contribution in [0.15, 0.2) is 63.5 Å². The second-order valence-electron chi connectivity index (χ2n) is 9.24. The Morgan fingerprint density at radius 3 is 2.55 bits per heavy atom. The second kappa shape index (κ2) is 11.1. The predicted octanol–water partition coefficient (Wildman–Crippen LogP) is 4.32. The number of ether oxygens (including phenoxy) is 1. The number of allylic oxidation sites excluding steroid dienone is 1. The zero-order chi connectivity index (χ0) is 27.6. The topological polar surface area (TPSA) is 124 Å². The summed E-state index contributed by atoms with van der Waals surface area (Å²) in [7, 11) is 0. The highest BCUT2D eigenvalue weighted by Gasteiger charge is 2.34. The van der Waals surface area contributed by atoms with E-state index in [1.807, 2.05) is 31.2 Å². The Balaban J connectivity index is 1.99. The Morgan fingerprint density at radius 2 is 1.95 bits per heavy atom. The molecule has 4 rings (SSSR count). The van der Waals surface area contributed by atoms with Crippen LogP contribution in [0, 0.1) is 10.1 Å². The fourth-order valence-corrected chi connectivity index (χ4v) is 5.42. The highest BCUT2D eigenvalue weighted by atomic mass is 32.1. The third kappa shape index (κ3) is 5.17. The van der Waals surface area contributed by atoms with Gasteiger partial charge in [-0.3, -0.25) is 19.5 Å². The molecule has 0 fully saturated rings. The van der Waals surface area contributed by atoms with Crippen molar-refractivity contribution in [3.63, 3.8) is 0 Å². The zero-order valence-electron chi connectivity index (χ0n) is 21.6. The van der Waals surface area contributed by atoms with E-state index < -0.39 is 22.5 Å². The van der Waals surface area contributed by atoms with Crippen LogP contribution in [0.3, 0.4) is 0 Å². The summed E-state index contributed by atoms with van der Waals surface area (Å²) in [6.07, 6.45) is 2.67. The fourth-order valence-electron chi connectivity index (χ4n) is 4.41. The highest BCUT2D eigenvalue weighted by molar-refractivity contribution is 7.07. The SMILES string of the molecule is CCCC1=C(C(=O)OCC)[C@H](c2ccc(C(C)C)cc2)n2c(s/c(=C\c3cc([N+](=O)[O-])ccc3O)c2=O)=N1. The first-order chi connectivity index (χ1) is 18.2. The molecule has 198 valence electrons. The van der Waals surface area contributed by atoms with Crippen LogP contribution in [-0.2, 0) is 9.53 Å². The Bertz CT molecular complexity index is 1600. The van der Waals surface area contributed by atoms with Crippen molar-refractivity contribution in [2.45, 2.75) is 52.5 Å². The first-order valence-electron chi connectivity index (χ1n) is 12.4. The zero-order valence-corrected chi connectivity index (χ0v) is 22.4. The van der Waals surface area contributed by atoms with Gasteiger partial charge in [-0.1, -0.05) is 62.8 Å². The van der Waals surface area contributed by atoms with Crippen molar-refractivity contribution in [2.24, 2.45) is 4.99 Å². The van der Waals surface area contributed by atoms with E-state index in [1.165, 1.54) is 28.8 Å². The summed E-state index contributed by atoms with van der Waals surface area (Å²) < 4.78 is 7.11. The molecule has 1 atom stereocenters. The molecule has 0 saturated heterocycles. The molecular formula is C28H29N3O6S. The number of aromatic hydroxyl groups is 1. The number of esters is 1. The van der Waals surface area contributed by atoms with Crippen molar-refractivity contribution < 1.29 is 19.6 Å². The molecule has 2 aromatic carbocycles. The number of non-ortho nitro benzene ring substituents is 1. The summed E-state index contributed by atoms with van der Waals surface area (Å²) in [5.74, 6) is -0.409. The molecule has 1 aromatic heterocycles. The normalized spacial score (nSPS) is 15.4. The molecule has 2 heterocycles. The average Bonchev–Trinajstić information content (AvgIpc) is 3.19. The van der Waals surface area contributed by atoms with Crippen LogP contribution in [0.2, 0.25) is 0 Å². The van der Waals surface area contributed by atoms with Crippen molar-refractivity contribution in [3.8, 4) is 5.75 Å². The Morgan fingerprint density at radius 1 is 1.24 bits per heavy atom. The second-order valence-corrected chi connectivity index (χ2v) is 10.2. The maximum absolute atomic E-state index is 13.8. The number of hydrogen-bond acceptors (Lipinski definition) is 8. The van der Waals surface area contributed by atoms with E-state index in [0.29, 0.717) is 28.4 Å². The number of phenolic OH excluding ortho intramolecular Hbond substituents is 1. The molecular weight excluding hydrogens is 506 g/mol.